The van der Waals surface area contributed by atoms with Crippen LogP contribution in [0.15, 0.2) is 40.9 Å². The highest BCUT2D eigenvalue weighted by Crippen LogP contribution is 2.20. The van der Waals surface area contributed by atoms with E-state index in [9.17, 15) is 13.6 Å². The van der Waals surface area contributed by atoms with Crippen molar-refractivity contribution in [2.75, 3.05) is 0 Å². The number of hydrogen-bond donors (Lipinski definition) is 1. The molecule has 1 N–H and O–H groups in total. The van der Waals surface area contributed by atoms with Crippen molar-refractivity contribution in [3.05, 3.63) is 63.6 Å². The Morgan fingerprint density at radius 3 is 2.60 bits per heavy atom. The van der Waals surface area contributed by atoms with Gasteiger partial charge >= 0.3 is 5.97 Å². The number of carbonyl (C=O) groups is 1. The summed E-state index contributed by atoms with van der Waals surface area (Å²) in [5.41, 5.74) is 0.0608. The van der Waals surface area contributed by atoms with Crippen molar-refractivity contribution < 1.29 is 23.4 Å². The van der Waals surface area contributed by atoms with Crippen LogP contribution in [0.1, 0.15) is 15.9 Å². The highest BCUT2D eigenvalue weighted by Gasteiger charge is 2.09. The lowest BCUT2D eigenvalue weighted by Gasteiger charge is -2.08. The molecule has 0 aliphatic carbocycles. The van der Waals surface area contributed by atoms with Gasteiger partial charge in [-0.05, 0) is 24.3 Å². The molecule has 0 aliphatic rings. The Hall–Kier alpha value is -1.95. The van der Waals surface area contributed by atoms with Crippen LogP contribution in [-0.4, -0.2) is 11.1 Å². The third kappa shape index (κ3) is 3.54. The Morgan fingerprint density at radius 2 is 1.95 bits per heavy atom. The minimum Gasteiger partial charge on any atom is -0.489 e. The standard InChI is InChI=1S/C14H9BrF2O3/c15-10-2-1-8(13(17)5-10)7-20-12-4-9(14(18)19)3-11(16)6-12/h1-6H,7H2,(H,18,19). The fraction of sp³-hybridized carbons (Fsp3) is 0.0714. The average molecular weight is 343 g/mol. The predicted molar refractivity (Wildman–Crippen MR) is 71.8 cm³/mol. The van der Waals surface area contributed by atoms with E-state index < -0.39 is 17.6 Å². The van der Waals surface area contributed by atoms with Gasteiger partial charge in [-0.3, -0.25) is 0 Å². The second kappa shape index (κ2) is 6.00. The maximum atomic E-state index is 13.6. The van der Waals surface area contributed by atoms with E-state index in [0.717, 1.165) is 12.1 Å². The Labute approximate surface area is 121 Å². The molecule has 0 amide bonds. The van der Waals surface area contributed by atoms with Crippen LogP contribution in [0.4, 0.5) is 8.78 Å². The zero-order valence-corrected chi connectivity index (χ0v) is 11.7. The van der Waals surface area contributed by atoms with Crippen LogP contribution in [-0.2, 0) is 6.61 Å². The number of aromatic carboxylic acids is 1. The van der Waals surface area contributed by atoms with Gasteiger partial charge in [0.05, 0.1) is 5.56 Å². The molecule has 2 rings (SSSR count). The maximum absolute atomic E-state index is 13.6. The van der Waals surface area contributed by atoms with Crippen LogP contribution < -0.4 is 4.74 Å². The number of halogens is 3. The Bertz CT molecular complexity index is 659. The molecule has 0 radical (unpaired) electrons. The van der Waals surface area contributed by atoms with Crippen molar-refractivity contribution in [2.24, 2.45) is 0 Å². The summed E-state index contributed by atoms with van der Waals surface area (Å²) in [6.07, 6.45) is 0. The van der Waals surface area contributed by atoms with Crippen molar-refractivity contribution in [3.63, 3.8) is 0 Å². The van der Waals surface area contributed by atoms with Gasteiger partial charge in [-0.2, -0.15) is 0 Å². The molecule has 3 nitrogen and oxygen atoms in total. The Balaban J connectivity index is 2.16. The second-order valence-corrected chi connectivity index (χ2v) is 4.92. The van der Waals surface area contributed by atoms with E-state index in [1.807, 2.05) is 0 Å². The molecule has 2 aromatic rings. The maximum Gasteiger partial charge on any atom is 0.335 e. The summed E-state index contributed by atoms with van der Waals surface area (Å²) in [4.78, 5) is 10.8. The van der Waals surface area contributed by atoms with Gasteiger partial charge in [0.1, 0.15) is 24.0 Å². The minimum absolute atomic E-state index is 0.0321. The molecule has 0 unspecified atom stereocenters. The summed E-state index contributed by atoms with van der Waals surface area (Å²) >= 11 is 3.13. The van der Waals surface area contributed by atoms with Crippen LogP contribution in [0.25, 0.3) is 0 Å². The first-order valence-corrected chi connectivity index (χ1v) is 6.35. The number of benzene rings is 2. The SMILES string of the molecule is O=C(O)c1cc(F)cc(OCc2ccc(Br)cc2F)c1. The molecule has 0 atom stereocenters. The topological polar surface area (TPSA) is 46.5 Å². The lowest BCUT2D eigenvalue weighted by molar-refractivity contribution is 0.0695. The van der Waals surface area contributed by atoms with Crippen LogP contribution in [0, 0.1) is 11.6 Å². The monoisotopic (exact) mass is 342 g/mol. The molecule has 20 heavy (non-hydrogen) atoms. The summed E-state index contributed by atoms with van der Waals surface area (Å²) < 4.78 is 32.6. The predicted octanol–water partition coefficient (Wildman–Crippen LogP) is 4.00. The summed E-state index contributed by atoms with van der Waals surface area (Å²) in [7, 11) is 0. The highest BCUT2D eigenvalue weighted by molar-refractivity contribution is 9.10. The van der Waals surface area contributed by atoms with Gasteiger partial charge < -0.3 is 9.84 Å². The summed E-state index contributed by atoms with van der Waals surface area (Å²) in [5.74, 6) is -2.42. The molecule has 0 spiro atoms. The number of carboxylic acids is 1. The second-order valence-electron chi connectivity index (χ2n) is 4.01. The zero-order valence-electron chi connectivity index (χ0n) is 10.1. The number of carboxylic acid groups (broad SMARTS) is 1. The van der Waals surface area contributed by atoms with Crippen LogP contribution in [0.2, 0.25) is 0 Å². The molecule has 0 bridgehead atoms. The van der Waals surface area contributed by atoms with Crippen molar-refractivity contribution in [1.82, 2.24) is 0 Å². The summed E-state index contributed by atoms with van der Waals surface area (Å²) in [5, 5.41) is 8.81. The largest absolute Gasteiger partial charge is 0.489 e. The van der Waals surface area contributed by atoms with Gasteiger partial charge in [-0.1, -0.05) is 22.0 Å². The van der Waals surface area contributed by atoms with Gasteiger partial charge in [0, 0.05) is 16.1 Å². The fourth-order valence-corrected chi connectivity index (χ4v) is 1.90. The van der Waals surface area contributed by atoms with Gasteiger partial charge in [0.2, 0.25) is 0 Å². The van der Waals surface area contributed by atoms with E-state index in [0.29, 0.717) is 4.47 Å². The first-order chi connectivity index (χ1) is 9.45. The average Bonchev–Trinajstić information content (AvgIpc) is 2.37. The quantitative estimate of drug-likeness (QED) is 0.913. The van der Waals surface area contributed by atoms with Crippen LogP contribution in [0.5, 0.6) is 5.75 Å². The summed E-state index contributed by atoms with van der Waals surface area (Å²) in [6, 6.07) is 7.57. The summed E-state index contributed by atoms with van der Waals surface area (Å²) in [6.45, 7) is -0.123. The van der Waals surface area contributed by atoms with Crippen molar-refractivity contribution >= 4 is 21.9 Å². The van der Waals surface area contributed by atoms with Gasteiger partial charge in [-0.25, -0.2) is 13.6 Å². The molecule has 0 saturated heterocycles. The molecule has 104 valence electrons. The zero-order chi connectivity index (χ0) is 14.7. The Morgan fingerprint density at radius 1 is 1.20 bits per heavy atom. The minimum atomic E-state index is -1.26. The van der Waals surface area contributed by atoms with E-state index in [1.54, 1.807) is 6.07 Å². The smallest absolute Gasteiger partial charge is 0.335 e. The van der Waals surface area contributed by atoms with E-state index in [-0.39, 0.29) is 23.5 Å². The fourth-order valence-electron chi connectivity index (χ4n) is 1.57. The van der Waals surface area contributed by atoms with Crippen molar-refractivity contribution in [2.45, 2.75) is 6.61 Å². The molecule has 0 aliphatic heterocycles. The molecule has 0 heterocycles. The van der Waals surface area contributed by atoms with E-state index in [2.05, 4.69) is 15.9 Å². The van der Waals surface area contributed by atoms with E-state index in [4.69, 9.17) is 9.84 Å². The first-order valence-electron chi connectivity index (χ1n) is 5.56. The van der Waals surface area contributed by atoms with E-state index >= 15 is 0 Å². The Kier molecular flexibility index (Phi) is 4.34. The van der Waals surface area contributed by atoms with Crippen LogP contribution >= 0.6 is 15.9 Å². The van der Waals surface area contributed by atoms with Crippen LogP contribution in [0.3, 0.4) is 0 Å². The molecule has 6 heteroatoms. The molecular formula is C14H9BrF2O3. The van der Waals surface area contributed by atoms with Gasteiger partial charge in [0.25, 0.3) is 0 Å². The normalized spacial score (nSPS) is 10.3. The third-order valence-corrected chi connectivity index (χ3v) is 3.02. The van der Waals surface area contributed by atoms with Crippen molar-refractivity contribution in [3.8, 4) is 5.75 Å². The molecular weight excluding hydrogens is 334 g/mol. The van der Waals surface area contributed by atoms with Crippen molar-refractivity contribution in [1.29, 1.82) is 0 Å². The molecule has 2 aromatic carbocycles. The third-order valence-electron chi connectivity index (χ3n) is 2.53. The molecule has 0 aromatic heterocycles. The molecule has 0 fully saturated rings. The lowest BCUT2D eigenvalue weighted by atomic mass is 10.2. The number of hydrogen-bond acceptors (Lipinski definition) is 2. The molecule has 0 saturated carbocycles. The first kappa shape index (κ1) is 14.5. The number of rotatable bonds is 4. The number of ether oxygens (including phenoxy) is 1. The van der Waals surface area contributed by atoms with Gasteiger partial charge in [0.15, 0.2) is 0 Å². The van der Waals surface area contributed by atoms with E-state index in [1.165, 1.54) is 18.2 Å². The lowest BCUT2D eigenvalue weighted by Crippen LogP contribution is -2.02. The highest BCUT2D eigenvalue weighted by atomic mass is 79.9. The van der Waals surface area contributed by atoms with Gasteiger partial charge in [-0.15, -0.1) is 0 Å².